The van der Waals surface area contributed by atoms with Crippen LogP contribution in [0.4, 0.5) is 0 Å². The zero-order valence-electron chi connectivity index (χ0n) is 31.3. The van der Waals surface area contributed by atoms with E-state index in [1.807, 2.05) is 41.5 Å². The molecule has 12 heteroatoms. The molecule has 0 unspecified atom stereocenters. The number of hydrogen-bond acceptors (Lipinski definition) is 12. The van der Waals surface area contributed by atoms with Crippen molar-refractivity contribution in [3.63, 3.8) is 0 Å². The molecule has 282 valence electrons. The van der Waals surface area contributed by atoms with Crippen LogP contribution in [-0.4, -0.2) is 88.0 Å². The number of ketones is 1. The lowest BCUT2D eigenvalue weighted by molar-refractivity contribution is -0.253. The highest BCUT2D eigenvalue weighted by atomic mass is 16.8. The molecule has 12 nitrogen and oxygen atoms in total. The summed E-state index contributed by atoms with van der Waals surface area (Å²) in [5, 5.41) is 24.8. The van der Waals surface area contributed by atoms with Gasteiger partial charge >= 0.3 is 17.9 Å². The molecule has 2 N–H and O–H groups in total. The van der Waals surface area contributed by atoms with Crippen molar-refractivity contribution in [2.24, 2.45) is 69.5 Å². The van der Waals surface area contributed by atoms with Crippen LogP contribution in [0.3, 0.4) is 0 Å². The van der Waals surface area contributed by atoms with Crippen LogP contribution in [0.1, 0.15) is 82.1 Å². The van der Waals surface area contributed by atoms with Crippen molar-refractivity contribution in [3.05, 3.63) is 12.3 Å². The van der Waals surface area contributed by atoms with Gasteiger partial charge in [0, 0.05) is 54.8 Å². The second-order valence-electron chi connectivity index (χ2n) is 18.5. The normalized spacial score (nSPS) is 56.9. The molecule has 20 atom stereocenters. The third-order valence-corrected chi connectivity index (χ3v) is 15.8. The van der Waals surface area contributed by atoms with Crippen molar-refractivity contribution >= 4 is 23.7 Å². The number of aliphatic hydroxyl groups excluding tert-OH is 1. The van der Waals surface area contributed by atoms with E-state index in [-0.39, 0.29) is 35.9 Å². The van der Waals surface area contributed by atoms with Crippen molar-refractivity contribution in [1.29, 1.82) is 0 Å². The summed E-state index contributed by atoms with van der Waals surface area (Å²) in [5.41, 5.74) is -4.83. The molecule has 3 saturated heterocycles. The van der Waals surface area contributed by atoms with Gasteiger partial charge in [-0.3, -0.25) is 19.2 Å². The number of esters is 3. The average molecular weight is 715 g/mol. The maximum Gasteiger partial charge on any atom is 0.306 e. The number of carbonyl (C=O) groups excluding carboxylic acids is 4. The van der Waals surface area contributed by atoms with Crippen LogP contribution in [0.15, 0.2) is 12.3 Å². The highest BCUT2D eigenvalue weighted by Crippen LogP contribution is 2.82. The predicted octanol–water partition coefficient (Wildman–Crippen LogP) is 3.34. The zero-order valence-corrected chi connectivity index (χ0v) is 31.3. The Bertz CT molecular complexity index is 1610. The summed E-state index contributed by atoms with van der Waals surface area (Å²) < 4.78 is 38.1. The molecule has 0 aromatic rings. The summed E-state index contributed by atoms with van der Waals surface area (Å²) in [4.78, 5) is 54.4. The molecule has 51 heavy (non-hydrogen) atoms. The summed E-state index contributed by atoms with van der Waals surface area (Å²) in [6.07, 6.45) is -4.58. The first-order chi connectivity index (χ1) is 23.6. The van der Waals surface area contributed by atoms with E-state index in [0.717, 1.165) is 0 Å². The van der Waals surface area contributed by atoms with Gasteiger partial charge in [-0.1, -0.05) is 48.1 Å². The minimum Gasteiger partial charge on any atom is -0.462 e. The summed E-state index contributed by atoms with van der Waals surface area (Å²) in [7, 11) is 0. The Labute approximate surface area is 299 Å². The number of carbonyl (C=O) groups is 4. The molecular weight excluding hydrogens is 660 g/mol. The van der Waals surface area contributed by atoms with Gasteiger partial charge in [-0.2, -0.15) is 0 Å². The largest absolute Gasteiger partial charge is 0.462 e. The van der Waals surface area contributed by atoms with Crippen molar-refractivity contribution in [2.45, 2.75) is 136 Å². The fraction of sp³-hybridized carbons (Fsp3) is 0.846. The molecule has 0 bridgehead atoms. The van der Waals surface area contributed by atoms with Gasteiger partial charge in [0.05, 0.1) is 11.5 Å². The first kappa shape index (κ1) is 35.5. The van der Waals surface area contributed by atoms with Gasteiger partial charge in [0.15, 0.2) is 5.78 Å². The maximum absolute atomic E-state index is 14.6. The number of hydrogen-bond donors (Lipinski definition) is 2. The lowest BCUT2D eigenvalue weighted by Gasteiger charge is -2.65. The first-order valence-corrected chi connectivity index (χ1v) is 18.8. The molecule has 0 aromatic carbocycles. The van der Waals surface area contributed by atoms with E-state index < -0.39 is 124 Å². The molecule has 8 fully saturated rings. The average Bonchev–Trinajstić information content (AvgIpc) is 3.92. The highest BCUT2D eigenvalue weighted by Gasteiger charge is 2.92. The predicted molar refractivity (Wildman–Crippen MR) is 177 cm³/mol. The number of fused-ring (bicyclic) bond motifs is 9. The Morgan fingerprint density at radius 2 is 1.55 bits per heavy atom. The Balaban J connectivity index is 1.38. The van der Waals surface area contributed by atoms with Crippen molar-refractivity contribution in [2.75, 3.05) is 0 Å². The van der Waals surface area contributed by atoms with Crippen molar-refractivity contribution in [3.8, 4) is 0 Å². The van der Waals surface area contributed by atoms with E-state index in [9.17, 15) is 29.4 Å². The number of rotatable bonds is 5. The van der Waals surface area contributed by atoms with Crippen molar-refractivity contribution in [1.82, 2.24) is 0 Å². The Morgan fingerprint density at radius 1 is 0.922 bits per heavy atom. The Morgan fingerprint density at radius 3 is 2.16 bits per heavy atom. The van der Waals surface area contributed by atoms with Gasteiger partial charge < -0.3 is 38.6 Å². The topological polar surface area (TPSA) is 171 Å². The molecule has 3 heterocycles. The summed E-state index contributed by atoms with van der Waals surface area (Å²) >= 11 is 0. The summed E-state index contributed by atoms with van der Waals surface area (Å²) in [6.45, 7) is 22.3. The van der Waals surface area contributed by atoms with Crippen LogP contribution < -0.4 is 0 Å². The minimum atomic E-state index is -1.63. The third-order valence-electron chi connectivity index (χ3n) is 15.8. The van der Waals surface area contributed by atoms with Gasteiger partial charge in [-0.05, 0) is 49.9 Å². The van der Waals surface area contributed by atoms with E-state index in [1.54, 1.807) is 6.92 Å². The van der Waals surface area contributed by atoms with Gasteiger partial charge in [0.25, 0.3) is 0 Å². The number of epoxide rings is 2. The van der Waals surface area contributed by atoms with Crippen molar-refractivity contribution < 1.29 is 57.8 Å². The van der Waals surface area contributed by atoms with Crippen LogP contribution in [0.5, 0.6) is 0 Å². The Hall–Kier alpha value is -2.54. The SMILES string of the molecule is C=C1O[C@@]23O[C@@H]2[C@@H](C)[C@H]2[C@@H]([C@H](OC(=O)CC(C)C)[C@H]4[C@H]5[C@H]([C@H](C)[C@H](OC(C)=O)[C@@]42C)[C@]2(C)[C@H](C[C@@H]4O[C@@H]4[C@@H]2OC(C)=O)C(=O)[C@@H]5O)[C@@]3(C)[C@]1(C)O. The van der Waals surface area contributed by atoms with Gasteiger partial charge in [-0.25, -0.2) is 0 Å². The smallest absolute Gasteiger partial charge is 0.306 e. The molecule has 0 aromatic heterocycles. The number of ether oxygens (including phenoxy) is 6. The fourth-order valence-corrected chi connectivity index (χ4v) is 13.9. The molecular formula is C39H54O12. The second-order valence-corrected chi connectivity index (χ2v) is 18.5. The molecule has 5 aliphatic carbocycles. The fourth-order valence-electron chi connectivity index (χ4n) is 13.9. The molecule has 0 radical (unpaired) electrons. The van der Waals surface area contributed by atoms with E-state index in [1.165, 1.54) is 13.8 Å². The summed E-state index contributed by atoms with van der Waals surface area (Å²) in [5.74, 6) is -7.31. The molecule has 8 aliphatic rings. The molecule has 8 rings (SSSR count). The zero-order chi connectivity index (χ0) is 37.3. The van der Waals surface area contributed by atoms with E-state index >= 15 is 0 Å². The molecule has 0 amide bonds. The lowest BCUT2D eigenvalue weighted by Crippen LogP contribution is -2.72. The van der Waals surface area contributed by atoms with Gasteiger partial charge in [0.1, 0.15) is 48.0 Å². The third kappa shape index (κ3) is 4.06. The quantitative estimate of drug-likeness (QED) is 0.242. The number of Topliss-reactive ketones (excluding diaryl/α,β-unsaturated/α-hetero) is 1. The maximum atomic E-state index is 14.6. The van der Waals surface area contributed by atoms with Crippen LogP contribution in [0.2, 0.25) is 0 Å². The van der Waals surface area contributed by atoms with E-state index in [0.29, 0.717) is 6.42 Å². The van der Waals surface area contributed by atoms with Crippen LogP contribution in [0, 0.1) is 69.5 Å². The summed E-state index contributed by atoms with van der Waals surface area (Å²) in [6, 6.07) is 0. The van der Waals surface area contributed by atoms with Crippen LogP contribution in [0.25, 0.3) is 0 Å². The second kappa shape index (κ2) is 10.6. The molecule has 5 saturated carbocycles. The van der Waals surface area contributed by atoms with Gasteiger partial charge in [-0.15, -0.1) is 0 Å². The number of aliphatic hydroxyl groups is 2. The van der Waals surface area contributed by atoms with Crippen LogP contribution >= 0.6 is 0 Å². The van der Waals surface area contributed by atoms with E-state index in [4.69, 9.17) is 28.4 Å². The molecule has 3 aliphatic heterocycles. The minimum absolute atomic E-state index is 0.0187. The Kier molecular flexibility index (Phi) is 7.35. The molecule has 1 spiro atoms. The monoisotopic (exact) mass is 714 g/mol. The highest BCUT2D eigenvalue weighted by molar-refractivity contribution is 5.88. The van der Waals surface area contributed by atoms with Gasteiger partial charge in [0.2, 0.25) is 5.79 Å². The van der Waals surface area contributed by atoms with Crippen LogP contribution in [-0.2, 0) is 47.6 Å². The lowest BCUT2D eigenvalue weighted by atomic mass is 9.39. The first-order valence-electron chi connectivity index (χ1n) is 18.8. The van der Waals surface area contributed by atoms with E-state index in [2.05, 4.69) is 13.5 Å². The standard InChI is InChI=1S/C39H54O12/c1-14(2)12-22(42)49-31-26-23-24(35(8)20(28(43)29(23)44)13-21-30(48-21)34(35)47-19(7)41)15(3)32(46-18(6)40)36(26,9)25-16(4)33-39(51-33)37(10,27(25)31)38(11,45)17(5)50-39/h14-16,20-21,23-27,29-34,44-45H,5,12-13H2,1-4,6-11H3/t15-,16-,20+,21-,23+,24-,25-,26+,27-,29+,30-,31+,32-,33+,34-,35-,36+,37-,38+,39+/m0/s1.